The summed E-state index contributed by atoms with van der Waals surface area (Å²) in [6.07, 6.45) is 10.8. The highest BCUT2D eigenvalue weighted by atomic mass is 32.1. The molecule has 3 rings (SSSR count). The van der Waals surface area contributed by atoms with Gasteiger partial charge in [-0.25, -0.2) is 4.98 Å². The molecule has 0 saturated heterocycles. The molecule has 0 atom stereocenters. The second kappa shape index (κ2) is 6.34. The maximum absolute atomic E-state index is 12.4. The Labute approximate surface area is 138 Å². The molecule has 2 aromatic heterocycles. The Morgan fingerprint density at radius 1 is 1.43 bits per heavy atom. The molecule has 1 aliphatic heterocycles. The molecule has 0 radical (unpaired) electrons. The zero-order chi connectivity index (χ0) is 16.3. The van der Waals surface area contributed by atoms with E-state index in [1.54, 1.807) is 23.7 Å². The lowest BCUT2D eigenvalue weighted by molar-refractivity contribution is 0.0952. The minimum atomic E-state index is -0.368. The fourth-order valence-electron chi connectivity index (χ4n) is 2.39. The largest absolute Gasteiger partial charge is 0.366 e. The molecule has 1 amide bonds. The van der Waals surface area contributed by atoms with E-state index in [0.29, 0.717) is 24.9 Å². The van der Waals surface area contributed by atoms with Gasteiger partial charge in [0.25, 0.3) is 5.91 Å². The van der Waals surface area contributed by atoms with Gasteiger partial charge in [-0.1, -0.05) is 0 Å². The van der Waals surface area contributed by atoms with E-state index in [2.05, 4.69) is 31.4 Å². The highest BCUT2D eigenvalue weighted by Gasteiger charge is 2.38. The van der Waals surface area contributed by atoms with Gasteiger partial charge in [0, 0.05) is 49.1 Å². The summed E-state index contributed by atoms with van der Waals surface area (Å²) in [5, 5.41) is 14.0. The van der Waals surface area contributed by atoms with Crippen molar-refractivity contribution in [3.05, 3.63) is 28.3 Å². The van der Waals surface area contributed by atoms with E-state index in [1.165, 1.54) is 0 Å². The summed E-state index contributed by atoms with van der Waals surface area (Å²) in [5.41, 5.74) is 1.86. The van der Waals surface area contributed by atoms with Gasteiger partial charge < -0.3 is 10.3 Å². The van der Waals surface area contributed by atoms with Crippen molar-refractivity contribution in [1.82, 2.24) is 15.3 Å². The maximum Gasteiger partial charge on any atom is 0.253 e. The molecule has 0 aliphatic carbocycles. The number of nitrogens with one attached hydrogen (secondary N) is 2. The molecular formula is C16H17N5OS. The quantitative estimate of drug-likeness (QED) is 0.766. The van der Waals surface area contributed by atoms with Crippen LogP contribution < -0.4 is 5.32 Å². The smallest absolute Gasteiger partial charge is 0.253 e. The van der Waals surface area contributed by atoms with Gasteiger partial charge in [-0.15, -0.1) is 23.7 Å². The first kappa shape index (κ1) is 15.4. The number of H-pyrrole nitrogens is 1. The summed E-state index contributed by atoms with van der Waals surface area (Å²) in [7, 11) is 0. The molecule has 1 aliphatic rings. The van der Waals surface area contributed by atoms with Gasteiger partial charge >= 0.3 is 0 Å². The Balaban J connectivity index is 1.58. The Bertz CT molecular complexity index is 776. The highest BCUT2D eigenvalue weighted by molar-refractivity contribution is 7.09. The minimum Gasteiger partial charge on any atom is -0.366 e. The number of aryl methyl sites for hydroxylation is 1. The van der Waals surface area contributed by atoms with E-state index in [9.17, 15) is 4.79 Å². The number of aromatic amines is 1. The topological polar surface area (TPSA) is 82.5 Å². The highest BCUT2D eigenvalue weighted by Crippen LogP contribution is 2.36. The number of hydrogen-bond acceptors (Lipinski definition) is 5. The van der Waals surface area contributed by atoms with Crippen LogP contribution in [0.1, 0.15) is 34.6 Å². The lowest BCUT2D eigenvalue weighted by Crippen LogP contribution is -2.28. The number of carbonyl (C=O) groups is 1. The van der Waals surface area contributed by atoms with Crippen molar-refractivity contribution < 1.29 is 4.79 Å². The lowest BCUT2D eigenvalue weighted by Gasteiger charge is -2.10. The fourth-order valence-corrected chi connectivity index (χ4v) is 3.00. The predicted molar refractivity (Wildman–Crippen MR) is 89.2 cm³/mol. The van der Waals surface area contributed by atoms with E-state index in [-0.39, 0.29) is 11.6 Å². The van der Waals surface area contributed by atoms with Crippen LogP contribution in [0.15, 0.2) is 28.0 Å². The van der Waals surface area contributed by atoms with Crippen LogP contribution in [-0.2, 0) is 0 Å². The summed E-state index contributed by atoms with van der Waals surface area (Å²) in [6, 6.07) is 0. The second-order valence-electron chi connectivity index (χ2n) is 5.43. The first-order valence-corrected chi connectivity index (χ1v) is 8.26. The van der Waals surface area contributed by atoms with Crippen LogP contribution in [0.2, 0.25) is 0 Å². The average Bonchev–Trinajstić information content (AvgIpc) is 2.95. The molecule has 0 spiro atoms. The van der Waals surface area contributed by atoms with Crippen LogP contribution in [0.3, 0.4) is 0 Å². The zero-order valence-electron chi connectivity index (χ0n) is 12.8. The molecule has 0 unspecified atom stereocenters. The number of terminal acetylenes is 1. The second-order valence-corrected chi connectivity index (χ2v) is 6.49. The number of rotatable bonds is 7. The molecule has 0 fully saturated rings. The Morgan fingerprint density at radius 3 is 2.91 bits per heavy atom. The van der Waals surface area contributed by atoms with Gasteiger partial charge in [-0.05, 0) is 6.92 Å². The normalized spacial score (nSPS) is 14.4. The first-order valence-electron chi connectivity index (χ1n) is 7.38. The molecule has 0 saturated carbocycles. The van der Waals surface area contributed by atoms with Crippen molar-refractivity contribution in [1.29, 1.82) is 0 Å². The SMILES string of the molecule is C#CCCC1(CCNC(=O)c2c[nH]cc2-c2csc(C)n2)N=N1. The van der Waals surface area contributed by atoms with E-state index < -0.39 is 0 Å². The molecule has 23 heavy (non-hydrogen) atoms. The molecule has 118 valence electrons. The van der Waals surface area contributed by atoms with Crippen LogP contribution >= 0.6 is 11.3 Å². The summed E-state index contributed by atoms with van der Waals surface area (Å²) in [6.45, 7) is 2.45. The summed E-state index contributed by atoms with van der Waals surface area (Å²) in [4.78, 5) is 19.8. The van der Waals surface area contributed by atoms with Crippen molar-refractivity contribution in [2.45, 2.75) is 31.8 Å². The number of aromatic nitrogens is 2. The van der Waals surface area contributed by atoms with Gasteiger partial charge in [0.2, 0.25) is 0 Å². The molecular weight excluding hydrogens is 310 g/mol. The molecule has 7 heteroatoms. The minimum absolute atomic E-state index is 0.125. The monoisotopic (exact) mass is 327 g/mol. The molecule has 2 aromatic rings. The number of thiazole rings is 1. The summed E-state index contributed by atoms with van der Waals surface area (Å²) >= 11 is 1.56. The fraction of sp³-hybridized carbons (Fsp3) is 0.375. The van der Waals surface area contributed by atoms with Gasteiger partial charge in [-0.3, -0.25) is 4.79 Å². The number of nitrogens with zero attached hydrogens (tertiary/aromatic N) is 3. The molecule has 0 aromatic carbocycles. The van der Waals surface area contributed by atoms with Crippen molar-refractivity contribution in [3.63, 3.8) is 0 Å². The first-order chi connectivity index (χ1) is 11.1. The molecule has 0 bridgehead atoms. The average molecular weight is 327 g/mol. The Kier molecular flexibility index (Phi) is 4.26. The van der Waals surface area contributed by atoms with E-state index >= 15 is 0 Å². The van der Waals surface area contributed by atoms with E-state index in [1.807, 2.05) is 12.3 Å². The van der Waals surface area contributed by atoms with Crippen molar-refractivity contribution >= 4 is 17.2 Å². The van der Waals surface area contributed by atoms with Crippen LogP contribution in [0.4, 0.5) is 0 Å². The van der Waals surface area contributed by atoms with Crippen LogP contribution in [0.5, 0.6) is 0 Å². The van der Waals surface area contributed by atoms with Gasteiger partial charge in [0.15, 0.2) is 5.66 Å². The molecule has 2 N–H and O–H groups in total. The summed E-state index contributed by atoms with van der Waals surface area (Å²) < 4.78 is 0. The van der Waals surface area contributed by atoms with Gasteiger partial charge in [-0.2, -0.15) is 10.2 Å². The molecule has 6 nitrogen and oxygen atoms in total. The lowest BCUT2D eigenvalue weighted by atomic mass is 10.0. The predicted octanol–water partition coefficient (Wildman–Crippen LogP) is 3.14. The number of carbonyl (C=O) groups excluding carboxylic acids is 1. The van der Waals surface area contributed by atoms with Crippen LogP contribution in [-0.4, -0.2) is 28.1 Å². The third kappa shape index (κ3) is 3.48. The number of amides is 1. The third-order valence-electron chi connectivity index (χ3n) is 3.75. The van der Waals surface area contributed by atoms with Crippen molar-refractivity contribution in [3.8, 4) is 23.6 Å². The van der Waals surface area contributed by atoms with Crippen molar-refractivity contribution in [2.75, 3.05) is 6.54 Å². The van der Waals surface area contributed by atoms with Crippen LogP contribution in [0, 0.1) is 19.3 Å². The molecule has 3 heterocycles. The van der Waals surface area contributed by atoms with Gasteiger partial charge in [0.1, 0.15) is 0 Å². The van der Waals surface area contributed by atoms with E-state index in [0.717, 1.165) is 22.7 Å². The van der Waals surface area contributed by atoms with Crippen molar-refractivity contribution in [2.24, 2.45) is 10.2 Å². The van der Waals surface area contributed by atoms with Gasteiger partial charge in [0.05, 0.1) is 16.3 Å². The third-order valence-corrected chi connectivity index (χ3v) is 4.52. The number of hydrogen-bond donors (Lipinski definition) is 2. The maximum atomic E-state index is 12.4. The Morgan fingerprint density at radius 2 is 2.26 bits per heavy atom. The Hall–Kier alpha value is -2.46. The zero-order valence-corrected chi connectivity index (χ0v) is 13.6. The van der Waals surface area contributed by atoms with Crippen LogP contribution in [0.25, 0.3) is 11.3 Å². The standard InChI is InChI=1S/C16H17N5OS/c1-3-4-5-16(20-21-16)6-7-18-15(22)13-9-17-8-12(13)14-10-23-11(2)19-14/h1,8-10,17H,4-7H2,2H3,(H,18,22). The summed E-state index contributed by atoms with van der Waals surface area (Å²) in [5.74, 6) is 2.47. The van der Waals surface area contributed by atoms with E-state index in [4.69, 9.17) is 6.42 Å².